The number of rotatable bonds is 6. The van der Waals surface area contributed by atoms with Gasteiger partial charge in [-0.3, -0.25) is 4.79 Å². The molecule has 1 unspecified atom stereocenters. The number of hydrogen-bond acceptors (Lipinski definition) is 3. The first kappa shape index (κ1) is 21.3. The van der Waals surface area contributed by atoms with Gasteiger partial charge in [0.1, 0.15) is 5.75 Å². The van der Waals surface area contributed by atoms with E-state index in [0.29, 0.717) is 16.9 Å². The first-order valence-corrected chi connectivity index (χ1v) is 10.7. The number of ether oxygens (including phenoxy) is 1. The van der Waals surface area contributed by atoms with E-state index in [2.05, 4.69) is 30.4 Å². The summed E-state index contributed by atoms with van der Waals surface area (Å²) in [5.74, 6) is -0.207. The molecule has 0 fully saturated rings. The van der Waals surface area contributed by atoms with Gasteiger partial charge >= 0.3 is 5.97 Å². The van der Waals surface area contributed by atoms with E-state index >= 15 is 0 Å². The number of amides is 1. The van der Waals surface area contributed by atoms with E-state index in [0.717, 1.165) is 28.3 Å². The maximum absolute atomic E-state index is 12.8. The summed E-state index contributed by atoms with van der Waals surface area (Å²) in [4.78, 5) is 25.1. The zero-order valence-electron chi connectivity index (χ0n) is 18.2. The fraction of sp³-hybridized carbons (Fsp3) is 0.143. The van der Waals surface area contributed by atoms with Gasteiger partial charge in [-0.1, -0.05) is 61.5 Å². The molecule has 0 aromatic heterocycles. The lowest BCUT2D eigenvalue weighted by Gasteiger charge is -2.17. The van der Waals surface area contributed by atoms with Crippen LogP contribution < -0.4 is 10.1 Å². The molecular formula is C28H25NO3. The number of fused-ring (bicyclic) bond motifs is 1. The molecule has 0 spiro atoms. The Morgan fingerprint density at radius 1 is 0.812 bits per heavy atom. The minimum atomic E-state index is -0.422. The van der Waals surface area contributed by atoms with Crippen molar-refractivity contribution in [3.05, 3.63) is 113 Å². The molecule has 32 heavy (non-hydrogen) atoms. The zero-order valence-corrected chi connectivity index (χ0v) is 18.2. The molecule has 0 bridgehead atoms. The van der Waals surface area contributed by atoms with E-state index in [1.807, 2.05) is 43.3 Å². The Hall–Kier alpha value is -3.92. The lowest BCUT2D eigenvalue weighted by atomic mass is 9.99. The maximum Gasteiger partial charge on any atom is 0.343 e. The summed E-state index contributed by atoms with van der Waals surface area (Å²) in [5.41, 5.74) is 3.22. The second kappa shape index (κ2) is 9.48. The van der Waals surface area contributed by atoms with Crippen LogP contribution in [0.4, 0.5) is 0 Å². The van der Waals surface area contributed by atoms with E-state index in [4.69, 9.17) is 4.74 Å². The highest BCUT2D eigenvalue weighted by Crippen LogP contribution is 2.24. The summed E-state index contributed by atoms with van der Waals surface area (Å²) in [7, 11) is 0. The van der Waals surface area contributed by atoms with Crippen LogP contribution >= 0.6 is 0 Å². The van der Waals surface area contributed by atoms with Crippen molar-refractivity contribution < 1.29 is 14.3 Å². The van der Waals surface area contributed by atoms with E-state index < -0.39 is 5.97 Å². The van der Waals surface area contributed by atoms with Gasteiger partial charge in [0.05, 0.1) is 11.6 Å². The molecule has 160 valence electrons. The van der Waals surface area contributed by atoms with Crippen LogP contribution in [0.5, 0.6) is 5.75 Å². The standard InChI is InChI=1S/C28H25NO3/c1-3-20-11-13-23(14-12-20)28(31)32-24-17-15-22(16-18-24)27(30)29-19(2)25-10-6-8-21-7-4-5-9-26(21)25/h4-19H,3H2,1-2H3,(H,29,30). The summed E-state index contributed by atoms with van der Waals surface area (Å²) in [6.45, 7) is 4.04. The maximum atomic E-state index is 12.8. The number of aryl methyl sites for hydroxylation is 1. The highest BCUT2D eigenvalue weighted by Gasteiger charge is 2.14. The quantitative estimate of drug-likeness (QED) is 0.301. The number of benzene rings is 4. The van der Waals surface area contributed by atoms with Crippen LogP contribution in [0, 0.1) is 0 Å². The average molecular weight is 424 g/mol. The topological polar surface area (TPSA) is 55.4 Å². The molecule has 0 heterocycles. The lowest BCUT2D eigenvalue weighted by Crippen LogP contribution is -2.26. The van der Waals surface area contributed by atoms with Crippen LogP contribution in [0.2, 0.25) is 0 Å². The van der Waals surface area contributed by atoms with Gasteiger partial charge in [-0.15, -0.1) is 0 Å². The van der Waals surface area contributed by atoms with Crippen molar-refractivity contribution in [1.29, 1.82) is 0 Å². The smallest absolute Gasteiger partial charge is 0.343 e. The summed E-state index contributed by atoms with van der Waals surface area (Å²) in [6.07, 6.45) is 0.915. The molecule has 1 atom stereocenters. The van der Waals surface area contributed by atoms with Crippen LogP contribution in [0.3, 0.4) is 0 Å². The molecule has 0 saturated heterocycles. The van der Waals surface area contributed by atoms with E-state index in [9.17, 15) is 9.59 Å². The molecule has 4 aromatic carbocycles. The van der Waals surface area contributed by atoms with Crippen molar-refractivity contribution in [2.24, 2.45) is 0 Å². The molecule has 1 amide bonds. The fourth-order valence-electron chi connectivity index (χ4n) is 3.70. The molecule has 0 aliphatic carbocycles. The van der Waals surface area contributed by atoms with Gasteiger partial charge in [-0.05, 0) is 71.6 Å². The van der Waals surface area contributed by atoms with Gasteiger partial charge in [-0.2, -0.15) is 0 Å². The summed E-state index contributed by atoms with van der Waals surface area (Å²) in [6, 6.07) is 28.0. The van der Waals surface area contributed by atoms with Crippen LogP contribution in [-0.4, -0.2) is 11.9 Å². The third-order valence-corrected chi connectivity index (χ3v) is 5.56. The molecule has 0 aliphatic heterocycles. The van der Waals surface area contributed by atoms with Crippen LogP contribution in [0.1, 0.15) is 51.7 Å². The number of carbonyl (C=O) groups excluding carboxylic acids is 2. The van der Waals surface area contributed by atoms with Crippen LogP contribution in [0.15, 0.2) is 91.0 Å². The average Bonchev–Trinajstić information content (AvgIpc) is 2.84. The SMILES string of the molecule is CCc1ccc(C(=O)Oc2ccc(C(=O)NC(C)c3cccc4ccccc34)cc2)cc1. The normalized spacial score (nSPS) is 11.7. The van der Waals surface area contributed by atoms with Gasteiger partial charge in [-0.25, -0.2) is 4.79 Å². The van der Waals surface area contributed by atoms with Gasteiger partial charge in [0.15, 0.2) is 0 Å². The molecule has 4 nitrogen and oxygen atoms in total. The highest BCUT2D eigenvalue weighted by molar-refractivity contribution is 5.95. The van der Waals surface area contributed by atoms with Crippen molar-refractivity contribution in [2.45, 2.75) is 26.3 Å². The third kappa shape index (κ3) is 4.70. The Kier molecular flexibility index (Phi) is 6.31. The fourth-order valence-corrected chi connectivity index (χ4v) is 3.70. The Morgan fingerprint density at radius 2 is 1.47 bits per heavy atom. The monoisotopic (exact) mass is 423 g/mol. The number of hydrogen-bond donors (Lipinski definition) is 1. The first-order valence-electron chi connectivity index (χ1n) is 10.7. The molecule has 0 radical (unpaired) electrons. The molecular weight excluding hydrogens is 398 g/mol. The van der Waals surface area contributed by atoms with Crippen molar-refractivity contribution in [3.63, 3.8) is 0 Å². The van der Waals surface area contributed by atoms with Gasteiger partial charge in [0.2, 0.25) is 0 Å². The minimum absolute atomic E-state index is 0.155. The summed E-state index contributed by atoms with van der Waals surface area (Å²) < 4.78 is 5.44. The minimum Gasteiger partial charge on any atom is -0.423 e. The lowest BCUT2D eigenvalue weighted by molar-refractivity contribution is 0.0734. The molecule has 4 aromatic rings. The predicted molar refractivity (Wildman–Crippen MR) is 127 cm³/mol. The Labute approximate surface area is 187 Å². The highest BCUT2D eigenvalue weighted by atomic mass is 16.5. The zero-order chi connectivity index (χ0) is 22.5. The van der Waals surface area contributed by atoms with E-state index in [1.54, 1.807) is 36.4 Å². The molecule has 1 N–H and O–H groups in total. The van der Waals surface area contributed by atoms with E-state index in [-0.39, 0.29) is 11.9 Å². The molecule has 0 saturated carbocycles. The predicted octanol–water partition coefficient (Wildman–Crippen LogP) is 6.11. The van der Waals surface area contributed by atoms with Crippen molar-refractivity contribution >= 4 is 22.6 Å². The molecule has 0 aliphatic rings. The number of carbonyl (C=O) groups is 2. The van der Waals surface area contributed by atoms with Crippen molar-refractivity contribution in [2.75, 3.05) is 0 Å². The first-order chi connectivity index (χ1) is 15.5. The Balaban J connectivity index is 1.42. The third-order valence-electron chi connectivity index (χ3n) is 5.56. The van der Waals surface area contributed by atoms with Crippen LogP contribution in [-0.2, 0) is 6.42 Å². The number of esters is 1. The molecule has 4 rings (SSSR count). The summed E-state index contributed by atoms with van der Waals surface area (Å²) in [5, 5.41) is 5.32. The second-order valence-electron chi connectivity index (χ2n) is 7.73. The Morgan fingerprint density at radius 3 is 2.19 bits per heavy atom. The molecule has 4 heteroatoms. The van der Waals surface area contributed by atoms with E-state index in [1.165, 1.54) is 0 Å². The second-order valence-corrected chi connectivity index (χ2v) is 7.73. The van der Waals surface area contributed by atoms with Gasteiger partial charge < -0.3 is 10.1 Å². The summed E-state index contributed by atoms with van der Waals surface area (Å²) >= 11 is 0. The largest absolute Gasteiger partial charge is 0.423 e. The van der Waals surface area contributed by atoms with Crippen molar-refractivity contribution in [1.82, 2.24) is 5.32 Å². The Bertz CT molecular complexity index is 1240. The van der Waals surface area contributed by atoms with Gasteiger partial charge in [0, 0.05) is 5.56 Å². The van der Waals surface area contributed by atoms with Crippen LogP contribution in [0.25, 0.3) is 10.8 Å². The van der Waals surface area contributed by atoms with Gasteiger partial charge in [0.25, 0.3) is 5.91 Å². The van der Waals surface area contributed by atoms with Crippen molar-refractivity contribution in [3.8, 4) is 5.75 Å². The number of nitrogens with one attached hydrogen (secondary N) is 1.